The van der Waals surface area contributed by atoms with E-state index in [9.17, 15) is 13.2 Å². The van der Waals surface area contributed by atoms with Crippen LogP contribution in [0, 0.1) is 0 Å². The molecule has 0 radical (unpaired) electrons. The molecule has 0 bridgehead atoms. The highest BCUT2D eigenvalue weighted by Crippen LogP contribution is 2.40. The number of hydrogen-bond donors (Lipinski definition) is 0. The molecule has 0 spiro atoms. The Morgan fingerprint density at radius 2 is 1.46 bits per heavy atom. The molecule has 1 heterocycles. The van der Waals surface area contributed by atoms with E-state index in [4.69, 9.17) is 14.5 Å². The van der Waals surface area contributed by atoms with E-state index in [-0.39, 0.29) is 17.3 Å². The Hall–Kier alpha value is -3.47. The van der Waals surface area contributed by atoms with Gasteiger partial charge in [0.15, 0.2) is 5.13 Å². The molecule has 0 N–H and O–H groups in total. The van der Waals surface area contributed by atoms with Crippen LogP contribution in [0.3, 0.4) is 0 Å². The summed E-state index contributed by atoms with van der Waals surface area (Å²) in [5.74, 6) is 0.936. The Morgan fingerprint density at radius 1 is 0.854 bits per heavy atom. The van der Waals surface area contributed by atoms with Crippen LogP contribution in [-0.4, -0.2) is 50.9 Å². The first-order valence-corrected chi connectivity index (χ1v) is 16.1. The lowest BCUT2D eigenvalue weighted by atomic mass is 10.1. The maximum absolute atomic E-state index is 14.0. The summed E-state index contributed by atoms with van der Waals surface area (Å²) in [4.78, 5) is 20.6. The fourth-order valence-corrected chi connectivity index (χ4v) is 7.07. The molecule has 4 aromatic rings. The number of benzene rings is 3. The molecule has 218 valence electrons. The predicted molar refractivity (Wildman–Crippen MR) is 165 cm³/mol. The molecule has 0 fully saturated rings. The van der Waals surface area contributed by atoms with Gasteiger partial charge in [0.2, 0.25) is 10.0 Å². The van der Waals surface area contributed by atoms with Crippen LogP contribution in [0.2, 0.25) is 0 Å². The summed E-state index contributed by atoms with van der Waals surface area (Å²) >= 11 is 1.34. The van der Waals surface area contributed by atoms with Crippen molar-refractivity contribution in [2.45, 2.75) is 51.0 Å². The second-order valence-electron chi connectivity index (χ2n) is 9.66. The average Bonchev–Trinajstić information content (AvgIpc) is 3.45. The second kappa shape index (κ2) is 13.9. The molecular formula is C31H37N3O5S2. The third kappa shape index (κ3) is 6.89. The highest BCUT2D eigenvalue weighted by atomic mass is 32.2. The van der Waals surface area contributed by atoms with Crippen LogP contribution < -0.4 is 14.4 Å². The minimum Gasteiger partial charge on any atom is -0.495 e. The number of hydrogen-bond acceptors (Lipinski definition) is 7. The van der Waals surface area contributed by atoms with Gasteiger partial charge in [-0.2, -0.15) is 4.31 Å². The van der Waals surface area contributed by atoms with Gasteiger partial charge in [-0.1, -0.05) is 68.4 Å². The van der Waals surface area contributed by atoms with Crippen molar-refractivity contribution in [1.82, 2.24) is 9.29 Å². The maximum Gasteiger partial charge on any atom is 0.260 e. The number of aromatic nitrogens is 1. The summed E-state index contributed by atoms with van der Waals surface area (Å²) in [6.45, 7) is 5.34. The summed E-state index contributed by atoms with van der Waals surface area (Å²) in [5.41, 5.74) is 1.91. The normalized spacial score (nSPS) is 11.6. The van der Waals surface area contributed by atoms with Gasteiger partial charge in [0.05, 0.1) is 25.7 Å². The van der Waals surface area contributed by atoms with Crippen LogP contribution in [0.15, 0.2) is 71.6 Å². The summed E-state index contributed by atoms with van der Waals surface area (Å²) in [5, 5.41) is 0.485. The fourth-order valence-electron chi connectivity index (χ4n) is 4.48. The zero-order valence-corrected chi connectivity index (χ0v) is 25.6. The van der Waals surface area contributed by atoms with Crippen LogP contribution >= 0.6 is 11.3 Å². The van der Waals surface area contributed by atoms with E-state index in [2.05, 4.69) is 0 Å². The molecule has 0 unspecified atom stereocenters. The quantitative estimate of drug-likeness (QED) is 0.160. The lowest BCUT2D eigenvalue weighted by Crippen LogP contribution is -2.33. The number of ether oxygens (including phenoxy) is 2. The third-order valence-electron chi connectivity index (χ3n) is 6.82. The summed E-state index contributed by atoms with van der Waals surface area (Å²) in [7, 11) is -0.502. The third-order valence-corrected chi connectivity index (χ3v) is 9.83. The monoisotopic (exact) mass is 595 g/mol. The number of thiazole rings is 1. The summed E-state index contributed by atoms with van der Waals surface area (Å²) < 4.78 is 40.3. The number of sulfonamides is 1. The van der Waals surface area contributed by atoms with Crippen molar-refractivity contribution in [3.05, 3.63) is 77.9 Å². The second-order valence-corrected chi connectivity index (χ2v) is 12.6. The Kier molecular flexibility index (Phi) is 10.4. The summed E-state index contributed by atoms with van der Waals surface area (Å²) in [6, 6.07) is 19.5. The van der Waals surface area contributed by atoms with Gasteiger partial charge in [0.25, 0.3) is 5.91 Å². The first-order valence-electron chi connectivity index (χ1n) is 13.8. The van der Waals surface area contributed by atoms with Crippen LogP contribution in [-0.2, 0) is 16.6 Å². The van der Waals surface area contributed by atoms with Crippen molar-refractivity contribution in [2.75, 3.05) is 32.2 Å². The molecule has 3 aromatic carbocycles. The SMILES string of the molecule is CCCCN(CCCC)S(=O)(=O)c1ccc(C(=O)N(Cc2ccccc2)c2nc3c(OC)ccc(OC)c3s2)cc1. The van der Waals surface area contributed by atoms with E-state index in [1.54, 1.807) is 41.6 Å². The van der Waals surface area contributed by atoms with Gasteiger partial charge >= 0.3 is 0 Å². The minimum absolute atomic E-state index is 0.185. The van der Waals surface area contributed by atoms with E-state index in [0.717, 1.165) is 35.9 Å². The molecular weight excluding hydrogens is 558 g/mol. The van der Waals surface area contributed by atoms with Gasteiger partial charge in [-0.3, -0.25) is 9.69 Å². The highest BCUT2D eigenvalue weighted by Gasteiger charge is 2.27. The van der Waals surface area contributed by atoms with E-state index in [1.807, 2.05) is 50.2 Å². The first-order chi connectivity index (χ1) is 19.8. The number of unbranched alkanes of at least 4 members (excludes halogenated alkanes) is 2. The minimum atomic E-state index is -3.67. The van der Waals surface area contributed by atoms with Gasteiger partial charge in [-0.25, -0.2) is 13.4 Å². The smallest absolute Gasteiger partial charge is 0.260 e. The number of fused-ring (bicyclic) bond motifs is 1. The molecule has 0 saturated carbocycles. The van der Waals surface area contributed by atoms with Crippen molar-refractivity contribution < 1.29 is 22.7 Å². The molecule has 10 heteroatoms. The number of rotatable bonds is 14. The molecule has 0 saturated heterocycles. The highest BCUT2D eigenvalue weighted by molar-refractivity contribution is 7.89. The molecule has 8 nitrogen and oxygen atoms in total. The predicted octanol–water partition coefficient (Wildman–Crippen LogP) is 6.75. The summed E-state index contributed by atoms with van der Waals surface area (Å²) in [6.07, 6.45) is 3.41. The Morgan fingerprint density at radius 3 is 2.05 bits per heavy atom. The number of methoxy groups -OCH3 is 2. The standard InChI is InChI=1S/C31H37N3O5S2/c1-5-7-20-33(21-8-6-2)41(36,37)25-16-14-24(15-17-25)30(35)34(22-23-12-10-9-11-13-23)31-32-28-26(38-3)18-19-27(39-4)29(28)40-31/h9-19H,5-8,20-22H2,1-4H3. The topological polar surface area (TPSA) is 89.0 Å². The number of amides is 1. The zero-order valence-electron chi connectivity index (χ0n) is 24.0. The number of nitrogens with zero attached hydrogens (tertiary/aromatic N) is 3. The van der Waals surface area contributed by atoms with Crippen molar-refractivity contribution in [3.8, 4) is 11.5 Å². The Bertz CT molecular complexity index is 1510. The molecule has 41 heavy (non-hydrogen) atoms. The number of carbonyl (C=O) groups excluding carboxylic acids is 1. The molecule has 0 aliphatic heterocycles. The zero-order chi connectivity index (χ0) is 29.4. The maximum atomic E-state index is 14.0. The largest absolute Gasteiger partial charge is 0.495 e. The van der Waals surface area contributed by atoms with Crippen LogP contribution in [0.25, 0.3) is 10.2 Å². The fraction of sp³-hybridized carbons (Fsp3) is 0.355. The van der Waals surface area contributed by atoms with Gasteiger partial charge in [-0.05, 0) is 54.8 Å². The van der Waals surface area contributed by atoms with Crippen LogP contribution in [0.5, 0.6) is 11.5 Å². The van der Waals surface area contributed by atoms with Gasteiger partial charge in [0.1, 0.15) is 21.7 Å². The Balaban J connectivity index is 1.70. The van der Waals surface area contributed by atoms with Crippen LogP contribution in [0.4, 0.5) is 5.13 Å². The van der Waals surface area contributed by atoms with Crippen molar-refractivity contribution in [3.63, 3.8) is 0 Å². The van der Waals surface area contributed by atoms with Gasteiger partial charge in [-0.15, -0.1) is 0 Å². The first kappa shape index (κ1) is 30.5. The molecule has 1 amide bonds. The van der Waals surface area contributed by atoms with Crippen molar-refractivity contribution >= 4 is 42.6 Å². The van der Waals surface area contributed by atoms with E-state index < -0.39 is 10.0 Å². The molecule has 1 aromatic heterocycles. The van der Waals surface area contributed by atoms with Gasteiger partial charge < -0.3 is 9.47 Å². The van der Waals surface area contributed by atoms with Crippen molar-refractivity contribution in [2.24, 2.45) is 0 Å². The van der Waals surface area contributed by atoms with E-state index in [1.165, 1.54) is 23.5 Å². The Labute approximate surface area is 246 Å². The molecule has 4 rings (SSSR count). The lowest BCUT2D eigenvalue weighted by Gasteiger charge is -2.23. The molecule has 0 aliphatic carbocycles. The number of anilines is 1. The van der Waals surface area contributed by atoms with Crippen molar-refractivity contribution in [1.29, 1.82) is 0 Å². The molecule has 0 aliphatic rings. The average molecular weight is 596 g/mol. The molecule has 0 atom stereocenters. The lowest BCUT2D eigenvalue weighted by molar-refractivity contribution is 0.0985. The van der Waals surface area contributed by atoms with Gasteiger partial charge in [0, 0.05) is 18.7 Å². The number of carbonyl (C=O) groups is 1. The van der Waals surface area contributed by atoms with Crippen LogP contribution in [0.1, 0.15) is 55.5 Å². The van der Waals surface area contributed by atoms with E-state index >= 15 is 0 Å². The van der Waals surface area contributed by atoms with E-state index in [0.29, 0.717) is 40.8 Å².